The van der Waals surface area contributed by atoms with E-state index in [0.717, 1.165) is 32.5 Å². The number of benzene rings is 1. The maximum absolute atomic E-state index is 12.2. The topological polar surface area (TPSA) is 56.4 Å². The van der Waals surface area contributed by atoms with Gasteiger partial charge in [0.15, 0.2) is 0 Å². The second-order valence-corrected chi connectivity index (χ2v) is 7.01. The molecule has 23 heavy (non-hydrogen) atoms. The van der Waals surface area contributed by atoms with Crippen LogP contribution < -0.4 is 16.2 Å². The van der Waals surface area contributed by atoms with E-state index in [1.807, 2.05) is 0 Å². The SMILES string of the molecule is CC(C)C1CC(C(=O)NCCN2CCc3ccccc3C2)NN1. The van der Waals surface area contributed by atoms with Crippen molar-refractivity contribution in [2.75, 3.05) is 19.6 Å². The largest absolute Gasteiger partial charge is 0.353 e. The summed E-state index contributed by atoms with van der Waals surface area (Å²) in [5.74, 6) is 0.645. The molecule has 126 valence electrons. The van der Waals surface area contributed by atoms with Crippen LogP contribution in [0.15, 0.2) is 24.3 Å². The molecule has 5 heteroatoms. The highest BCUT2D eigenvalue weighted by Gasteiger charge is 2.30. The lowest BCUT2D eigenvalue weighted by Gasteiger charge is -2.28. The van der Waals surface area contributed by atoms with Gasteiger partial charge in [-0.3, -0.25) is 15.1 Å². The Hall–Kier alpha value is -1.43. The van der Waals surface area contributed by atoms with Crippen molar-refractivity contribution in [1.82, 2.24) is 21.1 Å². The molecule has 3 rings (SSSR count). The van der Waals surface area contributed by atoms with Crippen LogP contribution in [0.2, 0.25) is 0 Å². The van der Waals surface area contributed by atoms with Crippen molar-refractivity contribution in [1.29, 1.82) is 0 Å². The maximum Gasteiger partial charge on any atom is 0.238 e. The zero-order chi connectivity index (χ0) is 16.2. The summed E-state index contributed by atoms with van der Waals surface area (Å²) in [6.45, 7) is 8.04. The molecule has 2 atom stereocenters. The molecule has 1 saturated heterocycles. The Morgan fingerprint density at radius 3 is 2.83 bits per heavy atom. The summed E-state index contributed by atoms with van der Waals surface area (Å²) >= 11 is 0. The van der Waals surface area contributed by atoms with Crippen LogP contribution in [0.25, 0.3) is 0 Å². The summed E-state index contributed by atoms with van der Waals surface area (Å²) in [5.41, 5.74) is 9.22. The van der Waals surface area contributed by atoms with Crippen molar-refractivity contribution in [2.45, 2.75) is 45.3 Å². The summed E-state index contributed by atoms with van der Waals surface area (Å²) < 4.78 is 0. The molecule has 0 radical (unpaired) electrons. The van der Waals surface area contributed by atoms with E-state index in [1.165, 1.54) is 11.1 Å². The molecule has 5 nitrogen and oxygen atoms in total. The number of hydrogen-bond donors (Lipinski definition) is 3. The van der Waals surface area contributed by atoms with Crippen LogP contribution in [0.5, 0.6) is 0 Å². The number of carbonyl (C=O) groups is 1. The van der Waals surface area contributed by atoms with E-state index in [0.29, 0.717) is 18.5 Å². The fraction of sp³-hybridized carbons (Fsp3) is 0.611. The number of nitrogens with one attached hydrogen (secondary N) is 3. The molecule has 1 fully saturated rings. The summed E-state index contributed by atoms with van der Waals surface area (Å²) in [7, 11) is 0. The van der Waals surface area contributed by atoms with Gasteiger partial charge in [-0.2, -0.15) is 0 Å². The molecule has 1 aromatic carbocycles. The summed E-state index contributed by atoms with van der Waals surface area (Å²) in [6, 6.07) is 8.92. The third-order valence-electron chi connectivity index (χ3n) is 4.99. The lowest BCUT2D eigenvalue weighted by atomic mass is 9.99. The van der Waals surface area contributed by atoms with Gasteiger partial charge in [0.1, 0.15) is 6.04 Å². The summed E-state index contributed by atoms with van der Waals surface area (Å²) in [5, 5.41) is 3.07. The Labute approximate surface area is 138 Å². The highest BCUT2D eigenvalue weighted by Crippen LogP contribution is 2.18. The number of fused-ring (bicyclic) bond motifs is 1. The predicted octanol–water partition coefficient (Wildman–Crippen LogP) is 1.05. The van der Waals surface area contributed by atoms with Gasteiger partial charge in [0, 0.05) is 32.2 Å². The van der Waals surface area contributed by atoms with Crippen molar-refractivity contribution in [3.8, 4) is 0 Å². The second kappa shape index (κ2) is 7.43. The van der Waals surface area contributed by atoms with Crippen LogP contribution in [0.3, 0.4) is 0 Å². The average molecular weight is 316 g/mol. The van der Waals surface area contributed by atoms with Crippen LogP contribution in [-0.2, 0) is 17.8 Å². The Kier molecular flexibility index (Phi) is 5.30. The van der Waals surface area contributed by atoms with Crippen LogP contribution in [0.1, 0.15) is 31.4 Å². The van der Waals surface area contributed by atoms with Gasteiger partial charge in [0.25, 0.3) is 0 Å². The molecule has 0 bridgehead atoms. The van der Waals surface area contributed by atoms with Gasteiger partial charge in [-0.05, 0) is 29.9 Å². The van der Waals surface area contributed by atoms with Crippen LogP contribution >= 0.6 is 0 Å². The molecule has 3 N–H and O–H groups in total. The smallest absolute Gasteiger partial charge is 0.238 e. The standard InChI is InChI=1S/C18H28N4O/c1-13(2)16-11-17(21-20-16)18(23)19-8-10-22-9-7-14-5-3-4-6-15(14)12-22/h3-6,13,16-17,20-21H,7-12H2,1-2H3,(H,19,23). The van der Waals surface area contributed by atoms with Crippen LogP contribution in [-0.4, -0.2) is 42.5 Å². The maximum atomic E-state index is 12.2. The van der Waals surface area contributed by atoms with Crippen molar-refractivity contribution in [3.63, 3.8) is 0 Å². The van der Waals surface area contributed by atoms with E-state index in [4.69, 9.17) is 0 Å². The molecular formula is C18H28N4O. The Morgan fingerprint density at radius 1 is 1.30 bits per heavy atom. The normalized spacial score (nSPS) is 24.7. The molecule has 2 unspecified atom stereocenters. The second-order valence-electron chi connectivity index (χ2n) is 7.01. The first-order valence-electron chi connectivity index (χ1n) is 8.71. The van der Waals surface area contributed by atoms with E-state index in [1.54, 1.807) is 0 Å². The van der Waals surface area contributed by atoms with Crippen molar-refractivity contribution < 1.29 is 4.79 Å². The zero-order valence-electron chi connectivity index (χ0n) is 14.1. The van der Waals surface area contributed by atoms with E-state index in [-0.39, 0.29) is 11.9 Å². The first-order valence-corrected chi connectivity index (χ1v) is 8.71. The molecule has 1 aromatic rings. The minimum absolute atomic E-state index is 0.107. The molecule has 2 aliphatic heterocycles. The van der Waals surface area contributed by atoms with Crippen molar-refractivity contribution in [2.24, 2.45) is 5.92 Å². The number of rotatable bonds is 5. The summed E-state index contributed by atoms with van der Waals surface area (Å²) in [4.78, 5) is 14.6. The number of amides is 1. The highest BCUT2D eigenvalue weighted by atomic mass is 16.2. The van der Waals surface area contributed by atoms with E-state index >= 15 is 0 Å². The Morgan fingerprint density at radius 2 is 2.09 bits per heavy atom. The summed E-state index contributed by atoms with van der Waals surface area (Å²) in [6.07, 6.45) is 1.97. The van der Waals surface area contributed by atoms with Gasteiger partial charge in [-0.25, -0.2) is 5.43 Å². The predicted molar refractivity (Wildman–Crippen MR) is 91.7 cm³/mol. The molecule has 0 saturated carbocycles. The molecule has 2 aliphatic rings. The minimum Gasteiger partial charge on any atom is -0.353 e. The van der Waals surface area contributed by atoms with Gasteiger partial charge in [-0.15, -0.1) is 0 Å². The fourth-order valence-electron chi connectivity index (χ4n) is 3.40. The lowest BCUT2D eigenvalue weighted by molar-refractivity contribution is -0.122. The van der Waals surface area contributed by atoms with Gasteiger partial charge < -0.3 is 5.32 Å². The number of nitrogens with zero attached hydrogens (tertiary/aromatic N) is 1. The lowest BCUT2D eigenvalue weighted by Crippen LogP contribution is -2.46. The number of carbonyl (C=O) groups excluding carboxylic acids is 1. The quantitative estimate of drug-likeness (QED) is 0.760. The molecule has 0 spiro atoms. The zero-order valence-corrected chi connectivity index (χ0v) is 14.1. The van der Waals surface area contributed by atoms with Gasteiger partial charge in [0.2, 0.25) is 5.91 Å². The Balaban J connectivity index is 1.40. The van der Waals surface area contributed by atoms with Crippen molar-refractivity contribution >= 4 is 5.91 Å². The van der Waals surface area contributed by atoms with Crippen LogP contribution in [0, 0.1) is 5.92 Å². The average Bonchev–Trinajstić information content (AvgIpc) is 3.05. The molecule has 0 aliphatic carbocycles. The van der Waals surface area contributed by atoms with E-state index < -0.39 is 0 Å². The first-order chi connectivity index (χ1) is 11.1. The molecule has 0 aromatic heterocycles. The first kappa shape index (κ1) is 16.4. The molecule has 2 heterocycles. The third-order valence-corrected chi connectivity index (χ3v) is 4.99. The minimum atomic E-state index is -0.107. The molecule has 1 amide bonds. The van der Waals surface area contributed by atoms with Gasteiger partial charge in [0.05, 0.1) is 0 Å². The highest BCUT2D eigenvalue weighted by molar-refractivity contribution is 5.82. The number of hydrogen-bond acceptors (Lipinski definition) is 4. The number of hydrazine groups is 1. The Bertz CT molecular complexity index is 546. The van der Waals surface area contributed by atoms with Gasteiger partial charge >= 0.3 is 0 Å². The molecular weight excluding hydrogens is 288 g/mol. The van der Waals surface area contributed by atoms with E-state index in [9.17, 15) is 4.79 Å². The van der Waals surface area contributed by atoms with Crippen molar-refractivity contribution in [3.05, 3.63) is 35.4 Å². The van der Waals surface area contributed by atoms with E-state index in [2.05, 4.69) is 59.2 Å². The third kappa shape index (κ3) is 4.10. The fourth-order valence-corrected chi connectivity index (χ4v) is 3.40. The van der Waals surface area contributed by atoms with Crippen LogP contribution in [0.4, 0.5) is 0 Å². The monoisotopic (exact) mass is 316 g/mol. The van der Waals surface area contributed by atoms with Gasteiger partial charge in [-0.1, -0.05) is 38.1 Å².